The van der Waals surface area contributed by atoms with E-state index < -0.39 is 0 Å². The highest BCUT2D eigenvalue weighted by molar-refractivity contribution is 6.33. The topological polar surface area (TPSA) is 30.7 Å². The van der Waals surface area contributed by atoms with Gasteiger partial charge >= 0.3 is 0 Å². The largest absolute Gasteiger partial charge is 0.310 e. The Morgan fingerprint density at radius 1 is 1.29 bits per heavy atom. The molecule has 2 rings (SSSR count). The molecule has 3 nitrogen and oxygen atoms in total. The van der Waals surface area contributed by atoms with Crippen LogP contribution in [0.4, 0.5) is 0 Å². The van der Waals surface area contributed by atoms with Gasteiger partial charge in [0.05, 0.1) is 10.9 Å². The number of aromatic nitrogens is 3. The van der Waals surface area contributed by atoms with Gasteiger partial charge in [-0.05, 0) is 25.5 Å². The minimum atomic E-state index is 0.351. The van der Waals surface area contributed by atoms with Crippen LogP contribution in [0.2, 0.25) is 5.02 Å². The molecule has 5 heteroatoms. The van der Waals surface area contributed by atoms with Crippen molar-refractivity contribution in [3.8, 4) is 11.4 Å². The molecular formula is C12H13Cl2N3. The zero-order valence-corrected chi connectivity index (χ0v) is 11.3. The van der Waals surface area contributed by atoms with Crippen LogP contribution in [0.1, 0.15) is 18.3 Å². The highest BCUT2D eigenvalue weighted by Crippen LogP contribution is 2.29. The molecular weight excluding hydrogens is 257 g/mol. The predicted octanol–water partition coefficient (Wildman–Crippen LogP) is 3.67. The van der Waals surface area contributed by atoms with Gasteiger partial charge < -0.3 is 4.57 Å². The SMILES string of the molecule is CCn1c(CCl)nnc1-c1cccc(C)c1Cl. The van der Waals surface area contributed by atoms with Gasteiger partial charge in [-0.2, -0.15) is 0 Å². The Morgan fingerprint density at radius 3 is 2.71 bits per heavy atom. The van der Waals surface area contributed by atoms with E-state index in [1.54, 1.807) is 0 Å². The summed E-state index contributed by atoms with van der Waals surface area (Å²) in [7, 11) is 0. The Labute approximate surface area is 110 Å². The first kappa shape index (κ1) is 12.4. The van der Waals surface area contributed by atoms with Crippen molar-refractivity contribution in [2.75, 3.05) is 0 Å². The first-order chi connectivity index (χ1) is 8.19. The summed E-state index contributed by atoms with van der Waals surface area (Å²) in [4.78, 5) is 0. The molecule has 0 saturated heterocycles. The van der Waals surface area contributed by atoms with Crippen molar-refractivity contribution in [3.63, 3.8) is 0 Å². The van der Waals surface area contributed by atoms with E-state index in [1.807, 2.05) is 36.6 Å². The van der Waals surface area contributed by atoms with Crippen LogP contribution >= 0.6 is 23.2 Å². The maximum atomic E-state index is 6.30. The number of hydrogen-bond donors (Lipinski definition) is 0. The smallest absolute Gasteiger partial charge is 0.165 e. The van der Waals surface area contributed by atoms with Crippen LogP contribution in [0.15, 0.2) is 18.2 Å². The lowest BCUT2D eigenvalue weighted by Gasteiger charge is -2.08. The maximum Gasteiger partial charge on any atom is 0.165 e. The number of aryl methyl sites for hydroxylation is 1. The van der Waals surface area contributed by atoms with Gasteiger partial charge in [-0.15, -0.1) is 21.8 Å². The fraction of sp³-hybridized carbons (Fsp3) is 0.333. The molecule has 0 unspecified atom stereocenters. The fourth-order valence-corrected chi connectivity index (χ4v) is 2.19. The summed E-state index contributed by atoms with van der Waals surface area (Å²) in [6.07, 6.45) is 0. The monoisotopic (exact) mass is 269 g/mol. The van der Waals surface area contributed by atoms with Gasteiger partial charge in [0.25, 0.3) is 0 Å². The Bertz CT molecular complexity index is 535. The van der Waals surface area contributed by atoms with Gasteiger partial charge in [0.15, 0.2) is 5.82 Å². The van der Waals surface area contributed by atoms with Gasteiger partial charge in [0, 0.05) is 12.1 Å². The summed E-state index contributed by atoms with van der Waals surface area (Å²) < 4.78 is 1.98. The zero-order chi connectivity index (χ0) is 12.4. The van der Waals surface area contributed by atoms with Crippen molar-refractivity contribution in [2.24, 2.45) is 0 Å². The van der Waals surface area contributed by atoms with E-state index >= 15 is 0 Å². The average Bonchev–Trinajstić information content (AvgIpc) is 2.75. The second-order valence-electron chi connectivity index (χ2n) is 3.75. The molecule has 17 heavy (non-hydrogen) atoms. The summed E-state index contributed by atoms with van der Waals surface area (Å²) in [5.41, 5.74) is 1.93. The molecule has 0 bridgehead atoms. The number of hydrogen-bond acceptors (Lipinski definition) is 2. The van der Waals surface area contributed by atoms with Crippen LogP contribution in [-0.2, 0) is 12.4 Å². The quantitative estimate of drug-likeness (QED) is 0.797. The molecule has 0 saturated carbocycles. The van der Waals surface area contributed by atoms with E-state index in [0.29, 0.717) is 5.88 Å². The molecule has 2 aromatic rings. The van der Waals surface area contributed by atoms with Gasteiger partial charge in [-0.1, -0.05) is 23.7 Å². The van der Waals surface area contributed by atoms with Crippen molar-refractivity contribution >= 4 is 23.2 Å². The number of nitrogens with zero attached hydrogens (tertiary/aromatic N) is 3. The maximum absolute atomic E-state index is 6.30. The molecule has 0 spiro atoms. The Kier molecular flexibility index (Phi) is 3.69. The lowest BCUT2D eigenvalue weighted by molar-refractivity contribution is 0.731. The van der Waals surface area contributed by atoms with Gasteiger partial charge in [0.2, 0.25) is 0 Å². The molecule has 0 aliphatic heterocycles. The molecule has 0 radical (unpaired) electrons. The third-order valence-electron chi connectivity index (χ3n) is 2.70. The molecule has 0 aliphatic rings. The number of halogens is 2. The second kappa shape index (κ2) is 5.07. The highest BCUT2D eigenvalue weighted by Gasteiger charge is 2.15. The van der Waals surface area contributed by atoms with Crippen molar-refractivity contribution in [3.05, 3.63) is 34.6 Å². The summed E-state index contributed by atoms with van der Waals surface area (Å²) in [6, 6.07) is 5.88. The molecule has 0 atom stereocenters. The van der Waals surface area contributed by atoms with Crippen LogP contribution < -0.4 is 0 Å². The van der Waals surface area contributed by atoms with Crippen molar-refractivity contribution in [1.29, 1.82) is 0 Å². The van der Waals surface area contributed by atoms with Crippen molar-refractivity contribution in [1.82, 2.24) is 14.8 Å². The zero-order valence-electron chi connectivity index (χ0n) is 9.74. The molecule has 1 heterocycles. The molecule has 1 aromatic heterocycles. The molecule has 90 valence electrons. The first-order valence-electron chi connectivity index (χ1n) is 5.42. The van der Waals surface area contributed by atoms with E-state index in [1.165, 1.54) is 0 Å². The van der Waals surface area contributed by atoms with Crippen molar-refractivity contribution in [2.45, 2.75) is 26.3 Å². The van der Waals surface area contributed by atoms with E-state index in [-0.39, 0.29) is 0 Å². The third kappa shape index (κ3) is 2.17. The van der Waals surface area contributed by atoms with Crippen LogP contribution in [0, 0.1) is 6.92 Å². The number of benzene rings is 1. The van der Waals surface area contributed by atoms with E-state index in [2.05, 4.69) is 10.2 Å². The fourth-order valence-electron chi connectivity index (χ4n) is 1.79. The van der Waals surface area contributed by atoms with Gasteiger partial charge in [-0.3, -0.25) is 0 Å². The third-order valence-corrected chi connectivity index (χ3v) is 3.44. The lowest BCUT2D eigenvalue weighted by atomic mass is 10.1. The minimum absolute atomic E-state index is 0.351. The van der Waals surface area contributed by atoms with E-state index in [0.717, 1.165) is 34.3 Å². The summed E-state index contributed by atoms with van der Waals surface area (Å²) in [5, 5.41) is 8.97. The minimum Gasteiger partial charge on any atom is -0.310 e. The van der Waals surface area contributed by atoms with Gasteiger partial charge in [-0.25, -0.2) is 0 Å². The molecule has 0 amide bonds. The van der Waals surface area contributed by atoms with E-state index in [9.17, 15) is 0 Å². The number of alkyl halides is 1. The Hall–Kier alpha value is -1.06. The molecule has 0 N–H and O–H groups in total. The Balaban J connectivity index is 2.60. The highest BCUT2D eigenvalue weighted by atomic mass is 35.5. The predicted molar refractivity (Wildman–Crippen MR) is 70.4 cm³/mol. The summed E-state index contributed by atoms with van der Waals surface area (Å²) in [5.74, 6) is 1.89. The molecule has 1 aromatic carbocycles. The van der Waals surface area contributed by atoms with Crippen LogP contribution in [-0.4, -0.2) is 14.8 Å². The number of rotatable bonds is 3. The second-order valence-corrected chi connectivity index (χ2v) is 4.40. The Morgan fingerprint density at radius 2 is 2.06 bits per heavy atom. The van der Waals surface area contributed by atoms with Crippen molar-refractivity contribution < 1.29 is 0 Å². The normalized spacial score (nSPS) is 10.8. The summed E-state index contributed by atoms with van der Waals surface area (Å²) in [6.45, 7) is 4.78. The standard InChI is InChI=1S/C12H13Cl2N3/c1-3-17-10(7-13)15-16-12(17)9-6-4-5-8(2)11(9)14/h4-6H,3,7H2,1-2H3. The molecule has 0 aliphatic carbocycles. The average molecular weight is 270 g/mol. The lowest BCUT2D eigenvalue weighted by Crippen LogP contribution is -2.02. The van der Waals surface area contributed by atoms with Crippen LogP contribution in [0.5, 0.6) is 0 Å². The van der Waals surface area contributed by atoms with E-state index in [4.69, 9.17) is 23.2 Å². The van der Waals surface area contributed by atoms with Crippen LogP contribution in [0.3, 0.4) is 0 Å². The molecule has 0 fully saturated rings. The van der Waals surface area contributed by atoms with Gasteiger partial charge in [0.1, 0.15) is 5.82 Å². The summed E-state index contributed by atoms with van der Waals surface area (Å²) >= 11 is 12.1. The first-order valence-corrected chi connectivity index (χ1v) is 6.33. The van der Waals surface area contributed by atoms with Crippen LogP contribution in [0.25, 0.3) is 11.4 Å².